The Kier molecular flexibility index (Phi) is 5.26. The quantitative estimate of drug-likeness (QED) is 0.857. The average Bonchev–Trinajstić information content (AvgIpc) is 2.68. The zero-order chi connectivity index (χ0) is 18.7. The lowest BCUT2D eigenvalue weighted by Gasteiger charge is -2.26. The molecule has 0 saturated carbocycles. The number of likely N-dealkylation sites (N-methyl/N-ethyl adjacent to an activating group) is 1. The van der Waals surface area contributed by atoms with Gasteiger partial charge >= 0.3 is 0 Å². The van der Waals surface area contributed by atoms with Crippen molar-refractivity contribution in [2.24, 2.45) is 0 Å². The Bertz CT molecular complexity index is 922. The molecule has 1 N–H and O–H groups in total. The van der Waals surface area contributed by atoms with E-state index in [4.69, 9.17) is 14.2 Å². The van der Waals surface area contributed by atoms with Crippen LogP contribution in [-0.4, -0.2) is 46.9 Å². The highest BCUT2D eigenvalue weighted by Crippen LogP contribution is 2.29. The smallest absolute Gasteiger partial charge is 0.160 e. The molecule has 3 rings (SSSR count). The minimum atomic E-state index is 0.743. The Morgan fingerprint density at radius 1 is 0.962 bits per heavy atom. The predicted octanol–water partition coefficient (Wildman–Crippen LogP) is 1.83. The van der Waals surface area contributed by atoms with Gasteiger partial charge in [0.2, 0.25) is 0 Å². The summed E-state index contributed by atoms with van der Waals surface area (Å²) in [6, 6.07) is 10.3. The Hall–Kier alpha value is -2.82. The van der Waals surface area contributed by atoms with Crippen molar-refractivity contribution in [3.8, 4) is 17.2 Å². The number of fused-ring (bicyclic) bond motifs is 1. The molecular formula is C21H26N2O3. The van der Waals surface area contributed by atoms with E-state index in [0.29, 0.717) is 0 Å². The second-order valence-corrected chi connectivity index (χ2v) is 6.29. The minimum absolute atomic E-state index is 0.743. The first kappa shape index (κ1) is 18.0. The van der Waals surface area contributed by atoms with E-state index in [1.807, 2.05) is 19.2 Å². The van der Waals surface area contributed by atoms with Gasteiger partial charge in [0.25, 0.3) is 0 Å². The summed E-state index contributed by atoms with van der Waals surface area (Å²) >= 11 is 0. The van der Waals surface area contributed by atoms with E-state index < -0.39 is 0 Å². The molecule has 1 aliphatic rings. The number of ether oxygens (including phenoxy) is 3. The van der Waals surface area contributed by atoms with Crippen molar-refractivity contribution in [3.63, 3.8) is 0 Å². The molecular weight excluding hydrogens is 328 g/mol. The molecule has 0 fully saturated rings. The maximum Gasteiger partial charge on any atom is 0.160 e. The molecule has 0 radical (unpaired) electrons. The van der Waals surface area contributed by atoms with Gasteiger partial charge in [-0.1, -0.05) is 12.1 Å². The number of hydrogen-bond acceptors (Lipinski definition) is 5. The van der Waals surface area contributed by atoms with Crippen molar-refractivity contribution >= 4 is 17.5 Å². The summed E-state index contributed by atoms with van der Waals surface area (Å²) in [5, 5.41) is 5.63. The molecule has 5 heteroatoms. The van der Waals surface area contributed by atoms with Crippen molar-refractivity contribution < 1.29 is 14.2 Å². The molecule has 138 valence electrons. The molecule has 5 nitrogen and oxygen atoms in total. The van der Waals surface area contributed by atoms with Gasteiger partial charge in [-0.15, -0.1) is 0 Å². The van der Waals surface area contributed by atoms with Crippen LogP contribution in [0.4, 0.5) is 5.69 Å². The van der Waals surface area contributed by atoms with Crippen molar-refractivity contribution in [1.82, 2.24) is 4.90 Å². The maximum absolute atomic E-state index is 5.56. The first-order valence-electron chi connectivity index (χ1n) is 8.62. The standard InChI is InChI=1S/C21H26N2O3/c1-22-17-12-15-8-9-23(2)18(16(15)13-20(17)25-4)10-14-6-7-19(24-3)21(11-14)26-5/h6-8,11-13,22H,9-10H2,1-5H3. The number of methoxy groups -OCH3 is 3. The highest BCUT2D eigenvalue weighted by atomic mass is 16.5. The normalized spacial score (nSPS) is 13.0. The topological polar surface area (TPSA) is 43.0 Å². The summed E-state index contributed by atoms with van der Waals surface area (Å²) in [6.07, 6.45) is 3.05. The highest BCUT2D eigenvalue weighted by molar-refractivity contribution is 5.62. The van der Waals surface area contributed by atoms with Crippen LogP contribution in [-0.2, 0) is 6.42 Å². The molecule has 0 amide bonds. The summed E-state index contributed by atoms with van der Waals surface area (Å²) < 4.78 is 16.3. The third kappa shape index (κ3) is 3.29. The van der Waals surface area contributed by atoms with Gasteiger partial charge in [0.05, 0.1) is 27.0 Å². The van der Waals surface area contributed by atoms with Crippen LogP contribution in [0.2, 0.25) is 0 Å². The van der Waals surface area contributed by atoms with Crippen LogP contribution in [0.25, 0.3) is 11.8 Å². The molecule has 0 bridgehead atoms. The van der Waals surface area contributed by atoms with Crippen molar-refractivity contribution in [1.29, 1.82) is 0 Å². The van der Waals surface area contributed by atoms with Gasteiger partial charge in [-0.2, -0.15) is 0 Å². The lowest BCUT2D eigenvalue weighted by molar-refractivity contribution is 0.354. The van der Waals surface area contributed by atoms with Crippen molar-refractivity contribution in [3.05, 3.63) is 46.3 Å². The first-order valence-corrected chi connectivity index (χ1v) is 8.62. The van der Waals surface area contributed by atoms with Gasteiger partial charge < -0.3 is 24.4 Å². The SMILES string of the molecule is CNc1cc2c(cc1OC)=C(Cc1ccc(OC)c(OC)c1)N(C)CC=2. The Morgan fingerprint density at radius 2 is 1.69 bits per heavy atom. The van der Waals surface area contributed by atoms with Crippen molar-refractivity contribution in [2.45, 2.75) is 6.42 Å². The molecule has 2 aromatic carbocycles. The van der Waals surface area contributed by atoms with Crippen LogP contribution in [0.5, 0.6) is 17.2 Å². The third-order valence-corrected chi connectivity index (χ3v) is 4.82. The van der Waals surface area contributed by atoms with E-state index in [1.54, 1.807) is 21.3 Å². The molecule has 26 heavy (non-hydrogen) atoms. The molecule has 2 aromatic rings. The van der Waals surface area contributed by atoms with E-state index >= 15 is 0 Å². The third-order valence-electron chi connectivity index (χ3n) is 4.82. The average molecular weight is 354 g/mol. The monoisotopic (exact) mass is 354 g/mol. The Balaban J connectivity index is 2.11. The molecule has 0 spiro atoms. The lowest BCUT2D eigenvalue weighted by Crippen LogP contribution is -2.39. The van der Waals surface area contributed by atoms with Crippen LogP contribution < -0.4 is 30.0 Å². The zero-order valence-electron chi connectivity index (χ0n) is 16.1. The molecule has 1 aliphatic heterocycles. The van der Waals surface area contributed by atoms with E-state index in [9.17, 15) is 0 Å². The van der Waals surface area contributed by atoms with Crippen LogP contribution >= 0.6 is 0 Å². The summed E-state index contributed by atoms with van der Waals surface area (Å²) in [5.41, 5.74) is 3.43. The number of nitrogens with one attached hydrogen (secondary N) is 1. The van der Waals surface area contributed by atoms with E-state index in [-0.39, 0.29) is 0 Å². The van der Waals surface area contributed by atoms with E-state index in [2.05, 4.69) is 41.5 Å². The van der Waals surface area contributed by atoms with Gasteiger partial charge in [-0.25, -0.2) is 0 Å². The number of rotatable bonds is 6. The van der Waals surface area contributed by atoms with Crippen LogP contribution in [0.1, 0.15) is 5.56 Å². The molecule has 0 unspecified atom stereocenters. The summed E-state index contributed by atoms with van der Waals surface area (Å²) in [4.78, 5) is 2.28. The Labute approximate surface area is 154 Å². The maximum atomic E-state index is 5.56. The van der Waals surface area contributed by atoms with Gasteiger partial charge in [-0.05, 0) is 35.0 Å². The minimum Gasteiger partial charge on any atom is -0.495 e. The highest BCUT2D eigenvalue weighted by Gasteiger charge is 2.14. The fourth-order valence-electron chi connectivity index (χ4n) is 3.34. The zero-order valence-corrected chi connectivity index (χ0v) is 16.1. The van der Waals surface area contributed by atoms with Gasteiger partial charge in [0.1, 0.15) is 5.75 Å². The molecule has 0 atom stereocenters. The van der Waals surface area contributed by atoms with Gasteiger partial charge in [0, 0.05) is 38.0 Å². The number of anilines is 1. The van der Waals surface area contributed by atoms with Crippen molar-refractivity contribution in [2.75, 3.05) is 47.3 Å². The Morgan fingerprint density at radius 3 is 2.35 bits per heavy atom. The van der Waals surface area contributed by atoms with Gasteiger partial charge in [-0.3, -0.25) is 0 Å². The molecule has 1 heterocycles. The van der Waals surface area contributed by atoms with Crippen LogP contribution in [0.15, 0.2) is 30.3 Å². The summed E-state index contributed by atoms with van der Waals surface area (Å²) in [5.74, 6) is 2.34. The number of benzene rings is 2. The van der Waals surface area contributed by atoms with Crippen LogP contribution in [0.3, 0.4) is 0 Å². The number of hydrogen-bond donors (Lipinski definition) is 1. The second kappa shape index (κ2) is 7.60. The summed E-state index contributed by atoms with van der Waals surface area (Å²) in [6.45, 7) is 0.880. The molecule has 0 saturated heterocycles. The van der Waals surface area contributed by atoms with E-state index in [1.165, 1.54) is 21.7 Å². The van der Waals surface area contributed by atoms with E-state index in [0.717, 1.165) is 35.9 Å². The predicted molar refractivity (Wildman–Crippen MR) is 106 cm³/mol. The van der Waals surface area contributed by atoms with Crippen LogP contribution in [0, 0.1) is 0 Å². The number of nitrogens with zero attached hydrogens (tertiary/aromatic N) is 1. The lowest BCUT2D eigenvalue weighted by atomic mass is 10.0. The van der Waals surface area contributed by atoms with Gasteiger partial charge in [0.15, 0.2) is 11.5 Å². The largest absolute Gasteiger partial charge is 0.495 e. The second-order valence-electron chi connectivity index (χ2n) is 6.29. The molecule has 0 aliphatic carbocycles. The summed E-state index contributed by atoms with van der Waals surface area (Å²) in [7, 11) is 9.04. The first-order chi connectivity index (χ1) is 12.6. The molecule has 0 aromatic heterocycles. The fraction of sp³-hybridized carbons (Fsp3) is 0.333. The fourth-order valence-corrected chi connectivity index (χ4v) is 3.34.